The number of hydrogen-bond donors (Lipinski definition) is 0. The molecule has 2 heterocycles. The predicted octanol–water partition coefficient (Wildman–Crippen LogP) is 5.19. The van der Waals surface area contributed by atoms with Crippen LogP contribution in [0.2, 0.25) is 5.02 Å². The maximum absolute atomic E-state index is 13.5. The molecule has 32 heavy (non-hydrogen) atoms. The van der Waals surface area contributed by atoms with Gasteiger partial charge in [0, 0.05) is 28.9 Å². The topological polar surface area (TPSA) is 49.9 Å². The number of rotatable bonds is 9. The van der Waals surface area contributed by atoms with E-state index in [2.05, 4.69) is 25.3 Å². The van der Waals surface area contributed by atoms with Crippen molar-refractivity contribution in [1.82, 2.24) is 9.80 Å². The SMILES string of the molecule is CCC(C)CN(CC(=O)N1CCc2sccc2C1COc1ccc(Cl)cc1)C(=O)C1CC1. The zero-order valence-electron chi connectivity index (χ0n) is 18.8. The van der Waals surface area contributed by atoms with Crippen molar-refractivity contribution < 1.29 is 14.3 Å². The molecule has 7 heteroatoms. The second-order valence-electron chi connectivity index (χ2n) is 8.92. The highest BCUT2D eigenvalue weighted by molar-refractivity contribution is 7.10. The summed E-state index contributed by atoms with van der Waals surface area (Å²) in [5, 5.41) is 2.74. The van der Waals surface area contributed by atoms with Crippen LogP contribution in [-0.2, 0) is 16.0 Å². The zero-order valence-corrected chi connectivity index (χ0v) is 20.3. The molecule has 172 valence electrons. The Morgan fingerprint density at radius 2 is 2.00 bits per heavy atom. The van der Waals surface area contributed by atoms with Crippen molar-refractivity contribution in [2.45, 2.75) is 45.6 Å². The summed E-state index contributed by atoms with van der Waals surface area (Å²) in [5.41, 5.74) is 1.16. The van der Waals surface area contributed by atoms with E-state index in [9.17, 15) is 9.59 Å². The number of carbonyl (C=O) groups is 2. The predicted molar refractivity (Wildman–Crippen MR) is 128 cm³/mol. The highest BCUT2D eigenvalue weighted by atomic mass is 35.5. The Hall–Kier alpha value is -2.05. The fraction of sp³-hybridized carbons (Fsp3) is 0.520. The molecule has 0 spiro atoms. The van der Waals surface area contributed by atoms with E-state index in [4.69, 9.17) is 16.3 Å². The number of ether oxygens (including phenoxy) is 1. The number of fused-ring (bicyclic) bond motifs is 1. The summed E-state index contributed by atoms with van der Waals surface area (Å²) < 4.78 is 6.06. The minimum Gasteiger partial charge on any atom is -0.491 e. The van der Waals surface area contributed by atoms with E-state index in [0.717, 1.165) is 37.0 Å². The van der Waals surface area contributed by atoms with E-state index in [1.54, 1.807) is 28.4 Å². The Labute approximate surface area is 199 Å². The molecule has 0 radical (unpaired) electrons. The minimum atomic E-state index is -0.158. The summed E-state index contributed by atoms with van der Waals surface area (Å²) in [6.07, 6.45) is 3.73. The van der Waals surface area contributed by atoms with E-state index in [-0.39, 0.29) is 30.3 Å². The lowest BCUT2D eigenvalue weighted by molar-refractivity contribution is -0.143. The second-order valence-corrected chi connectivity index (χ2v) is 10.4. The molecule has 2 aromatic rings. The van der Waals surface area contributed by atoms with Gasteiger partial charge in [0.2, 0.25) is 11.8 Å². The zero-order chi connectivity index (χ0) is 22.7. The van der Waals surface area contributed by atoms with E-state index < -0.39 is 0 Å². The monoisotopic (exact) mass is 474 g/mol. The van der Waals surface area contributed by atoms with Crippen molar-refractivity contribution in [1.29, 1.82) is 0 Å². The number of hydrogen-bond acceptors (Lipinski definition) is 4. The van der Waals surface area contributed by atoms with E-state index in [0.29, 0.717) is 30.6 Å². The molecule has 2 aliphatic rings. The summed E-state index contributed by atoms with van der Waals surface area (Å²) in [7, 11) is 0. The molecule has 1 aliphatic heterocycles. The van der Waals surface area contributed by atoms with Gasteiger partial charge in [-0.15, -0.1) is 11.3 Å². The van der Waals surface area contributed by atoms with Crippen molar-refractivity contribution >= 4 is 34.8 Å². The second kappa shape index (κ2) is 10.3. The van der Waals surface area contributed by atoms with Crippen LogP contribution in [0.3, 0.4) is 0 Å². The maximum Gasteiger partial charge on any atom is 0.242 e. The molecular weight excluding hydrogens is 444 g/mol. The summed E-state index contributed by atoms with van der Waals surface area (Å²) >= 11 is 7.72. The van der Waals surface area contributed by atoms with Crippen LogP contribution in [0.5, 0.6) is 5.75 Å². The average molecular weight is 475 g/mol. The van der Waals surface area contributed by atoms with Crippen LogP contribution in [0.25, 0.3) is 0 Å². The van der Waals surface area contributed by atoms with Crippen LogP contribution in [0, 0.1) is 11.8 Å². The molecule has 2 amide bonds. The van der Waals surface area contributed by atoms with Crippen LogP contribution in [-0.4, -0.2) is 47.9 Å². The van der Waals surface area contributed by atoms with Gasteiger partial charge in [-0.2, -0.15) is 0 Å². The van der Waals surface area contributed by atoms with Gasteiger partial charge < -0.3 is 14.5 Å². The van der Waals surface area contributed by atoms with Gasteiger partial charge in [0.25, 0.3) is 0 Å². The van der Waals surface area contributed by atoms with Crippen molar-refractivity contribution in [3.8, 4) is 5.75 Å². The van der Waals surface area contributed by atoms with Crippen LogP contribution in [0.4, 0.5) is 0 Å². The number of nitrogens with zero attached hydrogens (tertiary/aromatic N) is 2. The molecule has 1 saturated carbocycles. The number of thiophene rings is 1. The third kappa shape index (κ3) is 5.46. The smallest absolute Gasteiger partial charge is 0.242 e. The summed E-state index contributed by atoms with van der Waals surface area (Å²) in [6, 6.07) is 9.22. The molecule has 0 saturated heterocycles. The summed E-state index contributed by atoms with van der Waals surface area (Å²) in [6.45, 7) is 6.07. The molecule has 1 aromatic carbocycles. The quantitative estimate of drug-likeness (QED) is 0.502. The fourth-order valence-electron chi connectivity index (χ4n) is 4.16. The Balaban J connectivity index is 1.49. The third-order valence-corrected chi connectivity index (χ3v) is 7.68. The van der Waals surface area contributed by atoms with Gasteiger partial charge in [-0.05, 0) is 66.5 Å². The van der Waals surface area contributed by atoms with Crippen LogP contribution >= 0.6 is 22.9 Å². The number of benzene rings is 1. The summed E-state index contributed by atoms with van der Waals surface area (Å²) in [5.74, 6) is 1.36. The largest absolute Gasteiger partial charge is 0.491 e. The van der Waals surface area contributed by atoms with Crippen LogP contribution in [0.1, 0.15) is 49.6 Å². The first-order valence-electron chi connectivity index (χ1n) is 11.5. The molecule has 2 atom stereocenters. The van der Waals surface area contributed by atoms with Gasteiger partial charge in [0.05, 0.1) is 12.6 Å². The van der Waals surface area contributed by atoms with Crippen LogP contribution in [0.15, 0.2) is 35.7 Å². The first-order valence-corrected chi connectivity index (χ1v) is 12.7. The maximum atomic E-state index is 13.5. The van der Waals surface area contributed by atoms with Crippen LogP contribution < -0.4 is 4.74 Å². The Morgan fingerprint density at radius 1 is 1.25 bits per heavy atom. The third-order valence-electron chi connectivity index (χ3n) is 6.43. The van der Waals surface area contributed by atoms with Gasteiger partial charge >= 0.3 is 0 Å². The van der Waals surface area contributed by atoms with Crippen molar-refractivity contribution in [3.63, 3.8) is 0 Å². The normalized spacial score (nSPS) is 18.7. The molecule has 2 unspecified atom stereocenters. The first-order chi connectivity index (χ1) is 15.5. The minimum absolute atomic E-state index is 0.00357. The van der Waals surface area contributed by atoms with Gasteiger partial charge in [-0.1, -0.05) is 31.9 Å². The standard InChI is InChI=1S/C25H31ClN2O3S/c1-3-17(2)14-27(25(30)18-4-5-18)15-24(29)28-12-10-23-21(11-13-32-23)22(28)16-31-20-8-6-19(26)7-9-20/h6-9,11,13,17-18,22H,3-5,10,12,14-16H2,1-2H3. The lowest BCUT2D eigenvalue weighted by Crippen LogP contribution is -2.48. The molecule has 1 fully saturated rings. The molecule has 1 aromatic heterocycles. The fourth-order valence-corrected chi connectivity index (χ4v) is 5.22. The Bertz CT molecular complexity index is 941. The Kier molecular flexibility index (Phi) is 7.41. The van der Waals surface area contributed by atoms with Gasteiger partial charge in [0.15, 0.2) is 0 Å². The highest BCUT2D eigenvalue weighted by Gasteiger charge is 2.37. The number of carbonyl (C=O) groups excluding carboxylic acids is 2. The van der Waals surface area contributed by atoms with Gasteiger partial charge in [-0.25, -0.2) is 0 Å². The van der Waals surface area contributed by atoms with Crippen molar-refractivity contribution in [2.75, 3.05) is 26.2 Å². The number of halogens is 1. The lowest BCUT2D eigenvalue weighted by Gasteiger charge is -2.37. The average Bonchev–Trinajstić information content (AvgIpc) is 3.53. The first kappa shape index (κ1) is 23.1. The molecular formula is C25H31ClN2O3S. The van der Waals surface area contributed by atoms with Crippen molar-refractivity contribution in [3.05, 3.63) is 51.2 Å². The van der Waals surface area contributed by atoms with E-state index in [1.807, 2.05) is 17.0 Å². The molecule has 0 N–H and O–H groups in total. The van der Waals surface area contributed by atoms with Gasteiger partial charge in [-0.3, -0.25) is 9.59 Å². The number of amides is 2. The molecule has 0 bridgehead atoms. The molecule has 4 rings (SSSR count). The summed E-state index contributed by atoms with van der Waals surface area (Å²) in [4.78, 5) is 31.4. The van der Waals surface area contributed by atoms with E-state index in [1.165, 1.54) is 4.88 Å². The van der Waals surface area contributed by atoms with Crippen molar-refractivity contribution in [2.24, 2.45) is 11.8 Å². The lowest BCUT2D eigenvalue weighted by atomic mass is 10.00. The van der Waals surface area contributed by atoms with E-state index >= 15 is 0 Å². The molecule has 5 nitrogen and oxygen atoms in total. The molecule has 1 aliphatic carbocycles. The van der Waals surface area contributed by atoms with Gasteiger partial charge in [0.1, 0.15) is 12.4 Å². The Morgan fingerprint density at radius 3 is 2.69 bits per heavy atom. The highest BCUT2D eigenvalue weighted by Crippen LogP contribution is 2.35.